The van der Waals surface area contributed by atoms with Crippen LogP contribution >= 0.6 is 0 Å². The molecule has 0 atom stereocenters. The van der Waals surface area contributed by atoms with E-state index in [4.69, 9.17) is 0 Å². The predicted molar refractivity (Wildman–Crippen MR) is 85.9 cm³/mol. The van der Waals surface area contributed by atoms with E-state index in [1.807, 2.05) is 30.3 Å². The minimum absolute atomic E-state index is 0.0704. The molecule has 1 heterocycles. The van der Waals surface area contributed by atoms with Gasteiger partial charge in [0.25, 0.3) is 0 Å². The fraction of sp³-hybridized carbons (Fsp3) is 0.412. The summed E-state index contributed by atoms with van der Waals surface area (Å²) in [6, 6.07) is 9.70. The zero-order chi connectivity index (χ0) is 16.2. The van der Waals surface area contributed by atoms with Crippen molar-refractivity contribution in [1.82, 2.24) is 20.3 Å². The second-order valence-corrected chi connectivity index (χ2v) is 5.92. The summed E-state index contributed by atoms with van der Waals surface area (Å²) in [7, 11) is 0. The molecular weight excluding hydrogens is 292 g/mol. The van der Waals surface area contributed by atoms with Crippen molar-refractivity contribution in [2.24, 2.45) is 0 Å². The average Bonchev–Trinajstić information content (AvgIpc) is 3.17. The smallest absolute Gasteiger partial charge is 0.242 e. The Morgan fingerprint density at radius 2 is 1.91 bits per heavy atom. The summed E-state index contributed by atoms with van der Waals surface area (Å²) >= 11 is 0. The van der Waals surface area contributed by atoms with E-state index in [0.717, 1.165) is 31.2 Å². The van der Waals surface area contributed by atoms with Crippen molar-refractivity contribution in [3.63, 3.8) is 0 Å². The Hall–Kier alpha value is -2.50. The van der Waals surface area contributed by atoms with Crippen LogP contribution in [0.1, 0.15) is 43.1 Å². The first kappa shape index (κ1) is 15.4. The number of rotatable bonds is 5. The van der Waals surface area contributed by atoms with Gasteiger partial charge in [0.1, 0.15) is 12.2 Å². The molecule has 0 radical (unpaired) electrons. The molecule has 6 heteroatoms. The first-order chi connectivity index (χ1) is 11.1. The molecule has 1 N–H and O–H groups in total. The highest BCUT2D eigenvalue weighted by molar-refractivity contribution is 5.98. The molecule has 0 aliphatic heterocycles. The van der Waals surface area contributed by atoms with Crippen LogP contribution in [0.5, 0.6) is 0 Å². The summed E-state index contributed by atoms with van der Waals surface area (Å²) in [5.41, 5.74) is 1.72. The Bertz CT molecular complexity index is 703. The van der Waals surface area contributed by atoms with Gasteiger partial charge in [-0.05, 0) is 12.8 Å². The minimum atomic E-state index is -0.161. The van der Waals surface area contributed by atoms with Crippen molar-refractivity contribution >= 4 is 11.7 Å². The van der Waals surface area contributed by atoms with Crippen molar-refractivity contribution in [2.75, 3.05) is 0 Å². The number of hydrogen-bond acceptors (Lipinski definition) is 4. The fourth-order valence-electron chi connectivity index (χ4n) is 3.02. The fourth-order valence-corrected chi connectivity index (χ4v) is 3.02. The maximum atomic E-state index is 12.2. The largest absolute Gasteiger partial charge is 0.352 e. The topological polar surface area (TPSA) is 76.9 Å². The van der Waals surface area contributed by atoms with Gasteiger partial charge in [0.05, 0.1) is 0 Å². The summed E-state index contributed by atoms with van der Waals surface area (Å²) in [5.74, 6) is -0.250. The zero-order valence-electron chi connectivity index (χ0n) is 13.2. The molecule has 3 rings (SSSR count). The molecule has 1 aromatic heterocycles. The monoisotopic (exact) mass is 312 g/mol. The maximum absolute atomic E-state index is 12.2. The third-order valence-corrected chi connectivity index (χ3v) is 4.13. The highest BCUT2D eigenvalue weighted by Crippen LogP contribution is 2.22. The summed E-state index contributed by atoms with van der Waals surface area (Å²) in [6.07, 6.45) is 4.40. The third kappa shape index (κ3) is 3.47. The molecule has 1 amide bonds. The van der Waals surface area contributed by atoms with E-state index in [1.54, 1.807) is 0 Å². The van der Waals surface area contributed by atoms with Crippen LogP contribution in [0.15, 0.2) is 30.3 Å². The second-order valence-electron chi connectivity index (χ2n) is 5.92. The SMILES string of the molecule is CC(=O)c1nnn(CC(=O)NC2CCCC2)c1-c1ccccc1. The van der Waals surface area contributed by atoms with Gasteiger partial charge in [-0.3, -0.25) is 9.59 Å². The number of nitrogens with zero attached hydrogens (tertiary/aromatic N) is 3. The number of amides is 1. The molecule has 23 heavy (non-hydrogen) atoms. The molecule has 0 unspecified atom stereocenters. The van der Waals surface area contributed by atoms with Crippen molar-refractivity contribution in [3.05, 3.63) is 36.0 Å². The van der Waals surface area contributed by atoms with Crippen molar-refractivity contribution in [2.45, 2.75) is 45.2 Å². The van der Waals surface area contributed by atoms with Crippen LogP contribution < -0.4 is 5.32 Å². The normalized spacial score (nSPS) is 14.8. The highest BCUT2D eigenvalue weighted by atomic mass is 16.2. The number of nitrogens with one attached hydrogen (secondary N) is 1. The van der Waals surface area contributed by atoms with Gasteiger partial charge in [-0.1, -0.05) is 48.4 Å². The second kappa shape index (κ2) is 6.73. The molecule has 0 saturated heterocycles. The first-order valence-electron chi connectivity index (χ1n) is 7.94. The quantitative estimate of drug-likeness (QED) is 0.859. The van der Waals surface area contributed by atoms with Crippen molar-refractivity contribution in [1.29, 1.82) is 0 Å². The van der Waals surface area contributed by atoms with Gasteiger partial charge < -0.3 is 5.32 Å². The van der Waals surface area contributed by atoms with Crippen molar-refractivity contribution < 1.29 is 9.59 Å². The minimum Gasteiger partial charge on any atom is -0.352 e. The van der Waals surface area contributed by atoms with Crippen LogP contribution in [0.2, 0.25) is 0 Å². The molecule has 120 valence electrons. The number of carbonyl (C=O) groups excluding carboxylic acids is 2. The molecule has 1 fully saturated rings. The lowest BCUT2D eigenvalue weighted by atomic mass is 10.1. The summed E-state index contributed by atoms with van der Waals surface area (Å²) in [4.78, 5) is 24.0. The lowest BCUT2D eigenvalue weighted by molar-refractivity contribution is -0.122. The van der Waals surface area contributed by atoms with Crippen molar-refractivity contribution in [3.8, 4) is 11.3 Å². The van der Waals surface area contributed by atoms with E-state index in [9.17, 15) is 9.59 Å². The lowest BCUT2D eigenvalue weighted by Crippen LogP contribution is -2.35. The van der Waals surface area contributed by atoms with E-state index in [0.29, 0.717) is 11.4 Å². The van der Waals surface area contributed by atoms with Gasteiger partial charge in [0, 0.05) is 18.5 Å². The lowest BCUT2D eigenvalue weighted by Gasteiger charge is -2.13. The number of carbonyl (C=O) groups is 2. The Balaban J connectivity index is 1.84. The predicted octanol–water partition coefficient (Wildman–Crippen LogP) is 2.21. The van der Waals surface area contributed by atoms with Crippen LogP contribution in [0.3, 0.4) is 0 Å². The molecule has 2 aromatic rings. The van der Waals surface area contributed by atoms with E-state index in [-0.39, 0.29) is 24.3 Å². The summed E-state index contributed by atoms with van der Waals surface area (Å²) in [5, 5.41) is 11.0. The Kier molecular flexibility index (Phi) is 4.50. The molecule has 0 spiro atoms. The Morgan fingerprint density at radius 3 is 2.57 bits per heavy atom. The number of ketones is 1. The van der Waals surface area contributed by atoms with Gasteiger partial charge >= 0.3 is 0 Å². The van der Waals surface area contributed by atoms with E-state index in [1.165, 1.54) is 11.6 Å². The first-order valence-corrected chi connectivity index (χ1v) is 7.94. The number of aromatic nitrogens is 3. The van der Waals surface area contributed by atoms with Crippen LogP contribution in [0.25, 0.3) is 11.3 Å². The van der Waals surface area contributed by atoms with Crippen LogP contribution in [-0.4, -0.2) is 32.7 Å². The molecule has 1 aromatic carbocycles. The van der Waals surface area contributed by atoms with Gasteiger partial charge in [-0.25, -0.2) is 4.68 Å². The maximum Gasteiger partial charge on any atom is 0.242 e. The number of benzene rings is 1. The van der Waals surface area contributed by atoms with E-state index >= 15 is 0 Å². The van der Waals surface area contributed by atoms with Gasteiger partial charge in [-0.2, -0.15) is 0 Å². The van der Waals surface area contributed by atoms with Gasteiger partial charge in [0.2, 0.25) is 5.91 Å². The van der Waals surface area contributed by atoms with Crippen LogP contribution in [0.4, 0.5) is 0 Å². The number of hydrogen-bond donors (Lipinski definition) is 1. The van der Waals surface area contributed by atoms with Gasteiger partial charge in [-0.15, -0.1) is 5.10 Å². The molecule has 0 bridgehead atoms. The third-order valence-electron chi connectivity index (χ3n) is 4.13. The Morgan fingerprint density at radius 1 is 1.22 bits per heavy atom. The van der Waals surface area contributed by atoms with Gasteiger partial charge in [0.15, 0.2) is 11.5 Å². The zero-order valence-corrected chi connectivity index (χ0v) is 13.2. The van der Waals surface area contributed by atoms with Crippen LogP contribution in [0, 0.1) is 0 Å². The standard InChI is InChI=1S/C17H20N4O2/c1-12(22)16-17(13-7-3-2-4-8-13)21(20-19-16)11-15(23)18-14-9-5-6-10-14/h2-4,7-8,14H,5-6,9-11H2,1H3,(H,18,23). The van der Waals surface area contributed by atoms with E-state index in [2.05, 4.69) is 15.6 Å². The van der Waals surface area contributed by atoms with Crippen LogP contribution in [-0.2, 0) is 11.3 Å². The Labute approximate surface area is 134 Å². The molecule has 6 nitrogen and oxygen atoms in total. The summed E-state index contributed by atoms with van der Waals surface area (Å²) < 4.78 is 1.51. The number of Topliss-reactive ketones (excluding diaryl/α,β-unsaturated/α-hetero) is 1. The average molecular weight is 312 g/mol. The highest BCUT2D eigenvalue weighted by Gasteiger charge is 2.22. The molecule has 1 aliphatic rings. The molecule has 1 saturated carbocycles. The molecular formula is C17H20N4O2. The molecule has 1 aliphatic carbocycles. The summed E-state index contributed by atoms with van der Waals surface area (Å²) in [6.45, 7) is 1.53. The van der Waals surface area contributed by atoms with E-state index < -0.39 is 0 Å².